The van der Waals surface area contributed by atoms with E-state index in [2.05, 4.69) is 5.32 Å². The number of methoxy groups -OCH3 is 2. The number of hydrogen-bond donors (Lipinski definition) is 1. The molecule has 2 aromatic carbocycles. The maximum absolute atomic E-state index is 12.3. The average molecular weight is 354 g/mol. The van der Waals surface area contributed by atoms with Crippen LogP contribution in [0.1, 0.15) is 10.4 Å². The van der Waals surface area contributed by atoms with E-state index in [1.807, 2.05) is 0 Å². The van der Waals surface area contributed by atoms with Crippen molar-refractivity contribution in [3.63, 3.8) is 0 Å². The number of rotatable bonds is 5. The first kappa shape index (κ1) is 17.3. The molecule has 0 aliphatic carbocycles. The van der Waals surface area contributed by atoms with Crippen LogP contribution in [0.2, 0.25) is 5.02 Å². The third kappa shape index (κ3) is 4.03. The van der Waals surface area contributed by atoms with Gasteiger partial charge in [0.1, 0.15) is 11.5 Å². The Balaban J connectivity index is 2.27. The number of halogens is 1. The van der Waals surface area contributed by atoms with Crippen molar-refractivity contribution >= 4 is 34.0 Å². The van der Waals surface area contributed by atoms with Crippen LogP contribution in [-0.4, -0.2) is 30.6 Å². The predicted octanol–water partition coefficient (Wildman–Crippen LogP) is 3.35. The summed E-state index contributed by atoms with van der Waals surface area (Å²) in [6.07, 6.45) is 1.58. The number of hydrogen-bond acceptors (Lipinski definition) is 4. The number of benzene rings is 2. The van der Waals surface area contributed by atoms with E-state index in [9.17, 15) is 9.00 Å². The molecule has 0 aliphatic rings. The summed E-state index contributed by atoms with van der Waals surface area (Å²) < 4.78 is 21.7. The highest BCUT2D eigenvalue weighted by molar-refractivity contribution is 7.84. The maximum atomic E-state index is 12.3. The molecule has 0 fully saturated rings. The molecule has 23 heavy (non-hydrogen) atoms. The molecule has 122 valence electrons. The van der Waals surface area contributed by atoms with E-state index in [1.54, 1.807) is 42.7 Å². The smallest absolute Gasteiger partial charge is 0.255 e. The summed E-state index contributed by atoms with van der Waals surface area (Å²) in [6, 6.07) is 9.71. The fourth-order valence-corrected chi connectivity index (χ4v) is 2.70. The minimum absolute atomic E-state index is 0.318. The zero-order valence-electron chi connectivity index (χ0n) is 12.9. The molecule has 1 N–H and O–H groups in total. The van der Waals surface area contributed by atoms with E-state index < -0.39 is 10.8 Å². The SMILES string of the molecule is COc1cc(NC(=O)c2ccc(S(C)=O)cc2)c(OC)cc1Cl. The van der Waals surface area contributed by atoms with Crippen LogP contribution in [0.3, 0.4) is 0 Å². The second-order valence-corrected chi connectivity index (χ2v) is 6.41. The fourth-order valence-electron chi connectivity index (χ4n) is 1.95. The van der Waals surface area contributed by atoms with E-state index in [4.69, 9.17) is 21.1 Å². The first-order chi connectivity index (χ1) is 11.0. The molecule has 0 aromatic heterocycles. The zero-order valence-corrected chi connectivity index (χ0v) is 14.5. The van der Waals surface area contributed by atoms with Crippen molar-refractivity contribution < 1.29 is 18.5 Å². The molecule has 0 radical (unpaired) electrons. The van der Waals surface area contributed by atoms with Gasteiger partial charge in [0.25, 0.3) is 5.91 Å². The Bertz CT molecular complexity index is 746. The zero-order chi connectivity index (χ0) is 17.0. The lowest BCUT2D eigenvalue weighted by molar-refractivity contribution is 0.102. The van der Waals surface area contributed by atoms with Crippen LogP contribution in [0.5, 0.6) is 11.5 Å². The van der Waals surface area contributed by atoms with Crippen molar-refractivity contribution in [3.8, 4) is 11.5 Å². The molecular formula is C16H16ClNO4S. The number of ether oxygens (including phenoxy) is 2. The molecule has 2 rings (SSSR count). The summed E-state index contributed by atoms with van der Waals surface area (Å²) in [4.78, 5) is 13.0. The van der Waals surface area contributed by atoms with E-state index in [1.165, 1.54) is 14.2 Å². The molecule has 0 aliphatic heterocycles. The topological polar surface area (TPSA) is 64.6 Å². The van der Waals surface area contributed by atoms with Crippen LogP contribution in [0.25, 0.3) is 0 Å². The molecule has 0 spiro atoms. The van der Waals surface area contributed by atoms with Gasteiger partial charge in [0.2, 0.25) is 0 Å². The highest BCUT2D eigenvalue weighted by atomic mass is 35.5. The van der Waals surface area contributed by atoms with E-state index in [0.717, 1.165) is 0 Å². The fraction of sp³-hybridized carbons (Fsp3) is 0.188. The Labute approximate surface area is 142 Å². The number of nitrogens with one attached hydrogen (secondary N) is 1. The van der Waals surface area contributed by atoms with Crippen LogP contribution in [0.15, 0.2) is 41.3 Å². The Morgan fingerprint density at radius 1 is 1.09 bits per heavy atom. The number of carbonyl (C=O) groups is 1. The summed E-state index contributed by atoms with van der Waals surface area (Å²) in [5.74, 6) is 0.538. The average Bonchev–Trinajstić information content (AvgIpc) is 2.55. The lowest BCUT2D eigenvalue weighted by atomic mass is 10.2. The highest BCUT2D eigenvalue weighted by Crippen LogP contribution is 2.36. The molecule has 0 bridgehead atoms. The summed E-state index contributed by atoms with van der Waals surface area (Å²) >= 11 is 6.03. The minimum Gasteiger partial charge on any atom is -0.495 e. The summed E-state index contributed by atoms with van der Waals surface area (Å²) in [6.45, 7) is 0. The van der Waals surface area contributed by atoms with Crippen molar-refractivity contribution in [2.45, 2.75) is 4.90 Å². The summed E-state index contributed by atoms with van der Waals surface area (Å²) in [5.41, 5.74) is 0.886. The molecule has 0 saturated carbocycles. The maximum Gasteiger partial charge on any atom is 0.255 e. The minimum atomic E-state index is -1.08. The molecule has 5 nitrogen and oxygen atoms in total. The first-order valence-electron chi connectivity index (χ1n) is 6.62. The summed E-state index contributed by atoms with van der Waals surface area (Å²) in [7, 11) is 1.89. The number of carbonyl (C=O) groups excluding carboxylic acids is 1. The van der Waals surface area contributed by atoms with E-state index in [0.29, 0.717) is 32.7 Å². The van der Waals surface area contributed by atoms with Crippen molar-refractivity contribution in [2.24, 2.45) is 0 Å². The lowest BCUT2D eigenvalue weighted by Crippen LogP contribution is -2.13. The van der Waals surface area contributed by atoms with Gasteiger partial charge in [-0.3, -0.25) is 9.00 Å². The molecule has 2 aromatic rings. The van der Waals surface area contributed by atoms with Crippen molar-refractivity contribution in [1.29, 1.82) is 0 Å². The third-order valence-corrected chi connectivity index (χ3v) is 4.40. The molecule has 1 atom stereocenters. The normalized spacial score (nSPS) is 11.7. The monoisotopic (exact) mass is 353 g/mol. The van der Waals surface area contributed by atoms with Gasteiger partial charge in [-0.1, -0.05) is 11.6 Å². The molecular weight excluding hydrogens is 338 g/mol. The second kappa shape index (κ2) is 7.48. The van der Waals surface area contributed by atoms with E-state index >= 15 is 0 Å². The summed E-state index contributed by atoms with van der Waals surface area (Å²) in [5, 5.41) is 3.14. The number of amides is 1. The first-order valence-corrected chi connectivity index (χ1v) is 8.56. The highest BCUT2D eigenvalue weighted by Gasteiger charge is 2.14. The van der Waals surface area contributed by atoms with Gasteiger partial charge in [-0.15, -0.1) is 0 Å². The molecule has 1 unspecified atom stereocenters. The largest absolute Gasteiger partial charge is 0.495 e. The van der Waals surface area contributed by atoms with Gasteiger partial charge in [-0.2, -0.15) is 0 Å². The van der Waals surface area contributed by atoms with Crippen LogP contribution in [0, 0.1) is 0 Å². The molecule has 1 amide bonds. The Hall–Kier alpha value is -2.05. The third-order valence-electron chi connectivity index (χ3n) is 3.17. The van der Waals surface area contributed by atoms with Crippen molar-refractivity contribution in [2.75, 3.05) is 25.8 Å². The molecule has 7 heteroatoms. The van der Waals surface area contributed by atoms with Crippen molar-refractivity contribution in [3.05, 3.63) is 47.0 Å². The van der Waals surface area contributed by atoms with Gasteiger partial charge in [0, 0.05) is 39.6 Å². The van der Waals surface area contributed by atoms with E-state index in [-0.39, 0.29) is 5.91 Å². The quantitative estimate of drug-likeness (QED) is 0.895. The number of anilines is 1. The van der Waals surface area contributed by atoms with Gasteiger partial charge >= 0.3 is 0 Å². The van der Waals surface area contributed by atoms with Crippen LogP contribution < -0.4 is 14.8 Å². The van der Waals surface area contributed by atoms with Gasteiger partial charge in [0.15, 0.2) is 0 Å². The molecule has 0 heterocycles. The predicted molar refractivity (Wildman–Crippen MR) is 91.3 cm³/mol. The van der Waals surface area contributed by atoms with Crippen molar-refractivity contribution in [1.82, 2.24) is 0 Å². The van der Waals surface area contributed by atoms with Crippen LogP contribution in [0.4, 0.5) is 5.69 Å². The van der Waals surface area contributed by atoms with Gasteiger partial charge in [-0.05, 0) is 24.3 Å². The Morgan fingerprint density at radius 3 is 2.22 bits per heavy atom. The van der Waals surface area contributed by atoms with Gasteiger partial charge in [0.05, 0.1) is 24.9 Å². The van der Waals surface area contributed by atoms with Crippen LogP contribution in [-0.2, 0) is 10.8 Å². The standard InChI is InChI=1S/C16H16ClNO4S/c1-21-14-9-13(15(22-2)8-12(14)17)18-16(19)10-4-6-11(7-5-10)23(3)20/h4-9H,1-3H3,(H,18,19). The Morgan fingerprint density at radius 2 is 1.70 bits per heavy atom. The molecule has 0 saturated heterocycles. The lowest BCUT2D eigenvalue weighted by Gasteiger charge is -2.13. The Kier molecular flexibility index (Phi) is 5.63. The van der Waals surface area contributed by atoms with Crippen LogP contribution >= 0.6 is 11.6 Å². The second-order valence-electron chi connectivity index (χ2n) is 4.62. The van der Waals surface area contributed by atoms with Gasteiger partial charge < -0.3 is 14.8 Å². The van der Waals surface area contributed by atoms with Gasteiger partial charge in [-0.25, -0.2) is 0 Å².